The zero-order chi connectivity index (χ0) is 18.4. The van der Waals surface area contributed by atoms with Crippen molar-refractivity contribution >= 4 is 0 Å². The molecule has 0 amide bonds. The molecule has 2 aromatic heterocycles. The van der Waals surface area contributed by atoms with Crippen LogP contribution in [0.1, 0.15) is 43.0 Å². The van der Waals surface area contributed by atoms with Crippen LogP contribution in [0.25, 0.3) is 0 Å². The summed E-state index contributed by atoms with van der Waals surface area (Å²) >= 11 is 0. The van der Waals surface area contributed by atoms with E-state index in [-0.39, 0.29) is 0 Å². The van der Waals surface area contributed by atoms with Gasteiger partial charge in [0.15, 0.2) is 0 Å². The number of fused-ring (bicyclic) bond motifs is 1. The average molecular weight is 370 g/mol. The Kier molecular flexibility index (Phi) is 4.56. The molecule has 2 aromatic rings. The van der Waals surface area contributed by atoms with Crippen molar-refractivity contribution in [3.8, 4) is 0 Å². The third-order valence-corrected chi connectivity index (χ3v) is 6.78. The summed E-state index contributed by atoms with van der Waals surface area (Å²) in [7, 11) is 2.04. The number of nitrogens with zero attached hydrogens (tertiary/aromatic N) is 5. The molecule has 0 bridgehead atoms. The summed E-state index contributed by atoms with van der Waals surface area (Å²) in [6.45, 7) is 6.44. The summed E-state index contributed by atoms with van der Waals surface area (Å²) < 4.78 is 10.6. The van der Waals surface area contributed by atoms with Gasteiger partial charge >= 0.3 is 0 Å². The van der Waals surface area contributed by atoms with Crippen molar-refractivity contribution in [2.24, 2.45) is 24.8 Å². The number of rotatable bonds is 6. The predicted octanol–water partition coefficient (Wildman–Crippen LogP) is 2.80. The molecule has 0 radical (unpaired) electrons. The van der Waals surface area contributed by atoms with Crippen LogP contribution in [0.5, 0.6) is 0 Å². The Balaban J connectivity index is 1.29. The maximum absolute atomic E-state index is 6.46. The highest BCUT2D eigenvalue weighted by Crippen LogP contribution is 2.43. The number of likely N-dealkylation sites (tertiary alicyclic amines) is 1. The van der Waals surface area contributed by atoms with E-state index >= 15 is 0 Å². The van der Waals surface area contributed by atoms with Crippen LogP contribution in [0.15, 0.2) is 24.7 Å². The third kappa shape index (κ3) is 3.69. The SMILES string of the molecule is Cc1cnn([C@H]2C[C@H]3CN(Cc4ccnn4C)C[C@H]3C[C@@H]2OCC2CC2)c1. The fraction of sp³-hybridized carbons (Fsp3) is 0.714. The van der Waals surface area contributed by atoms with E-state index in [0.29, 0.717) is 12.1 Å². The van der Waals surface area contributed by atoms with Crippen molar-refractivity contribution in [1.82, 2.24) is 24.5 Å². The Labute approximate surface area is 161 Å². The molecule has 0 unspecified atom stereocenters. The predicted molar refractivity (Wildman–Crippen MR) is 103 cm³/mol. The maximum atomic E-state index is 6.46. The van der Waals surface area contributed by atoms with Crippen molar-refractivity contribution in [3.63, 3.8) is 0 Å². The normalized spacial score (nSPS) is 31.3. The molecule has 3 aliphatic rings. The first-order valence-electron chi connectivity index (χ1n) is 10.5. The summed E-state index contributed by atoms with van der Waals surface area (Å²) in [5, 5.41) is 8.97. The summed E-state index contributed by atoms with van der Waals surface area (Å²) in [4.78, 5) is 2.61. The fourth-order valence-electron chi connectivity index (χ4n) is 5.02. The molecule has 27 heavy (non-hydrogen) atoms. The van der Waals surface area contributed by atoms with Crippen LogP contribution in [0, 0.1) is 24.7 Å². The third-order valence-electron chi connectivity index (χ3n) is 6.78. The van der Waals surface area contributed by atoms with Crippen LogP contribution in [0.2, 0.25) is 0 Å². The number of aromatic nitrogens is 4. The summed E-state index contributed by atoms with van der Waals surface area (Å²) in [5.74, 6) is 2.30. The molecule has 0 aromatic carbocycles. The van der Waals surface area contributed by atoms with Gasteiger partial charge in [-0.25, -0.2) is 0 Å². The van der Waals surface area contributed by atoms with Gasteiger partial charge in [-0.05, 0) is 62.0 Å². The number of hydrogen-bond donors (Lipinski definition) is 0. The van der Waals surface area contributed by atoms with E-state index in [1.54, 1.807) is 0 Å². The Morgan fingerprint density at radius 2 is 1.96 bits per heavy atom. The van der Waals surface area contributed by atoms with Crippen LogP contribution in [0.3, 0.4) is 0 Å². The molecule has 2 saturated carbocycles. The van der Waals surface area contributed by atoms with Crippen LogP contribution >= 0.6 is 0 Å². The second-order valence-corrected chi connectivity index (χ2v) is 9.01. The van der Waals surface area contributed by atoms with Crippen molar-refractivity contribution in [3.05, 3.63) is 35.9 Å². The zero-order valence-electron chi connectivity index (χ0n) is 16.5. The molecule has 6 nitrogen and oxygen atoms in total. The van der Waals surface area contributed by atoms with Gasteiger partial charge in [0, 0.05) is 45.7 Å². The van der Waals surface area contributed by atoms with Gasteiger partial charge < -0.3 is 4.74 Å². The molecule has 6 heteroatoms. The first kappa shape index (κ1) is 17.4. The second-order valence-electron chi connectivity index (χ2n) is 9.01. The lowest BCUT2D eigenvalue weighted by Crippen LogP contribution is -2.38. The molecule has 4 atom stereocenters. The van der Waals surface area contributed by atoms with Crippen LogP contribution in [0.4, 0.5) is 0 Å². The van der Waals surface area contributed by atoms with Crippen LogP contribution in [-0.2, 0) is 18.3 Å². The molecule has 1 saturated heterocycles. The lowest BCUT2D eigenvalue weighted by molar-refractivity contribution is -0.0371. The van der Waals surface area contributed by atoms with Gasteiger partial charge in [0.2, 0.25) is 0 Å². The number of hydrogen-bond acceptors (Lipinski definition) is 4. The highest BCUT2D eigenvalue weighted by Gasteiger charge is 2.44. The Morgan fingerprint density at radius 3 is 2.63 bits per heavy atom. The van der Waals surface area contributed by atoms with E-state index < -0.39 is 0 Å². The largest absolute Gasteiger partial charge is 0.376 e. The smallest absolute Gasteiger partial charge is 0.0802 e. The topological polar surface area (TPSA) is 48.1 Å². The molecule has 1 aliphatic heterocycles. The lowest BCUT2D eigenvalue weighted by atomic mass is 9.77. The first-order chi connectivity index (χ1) is 13.2. The van der Waals surface area contributed by atoms with Gasteiger partial charge in [-0.15, -0.1) is 0 Å². The zero-order valence-corrected chi connectivity index (χ0v) is 16.5. The van der Waals surface area contributed by atoms with Crippen molar-refractivity contribution < 1.29 is 4.74 Å². The van der Waals surface area contributed by atoms with Gasteiger partial charge in [0.1, 0.15) is 0 Å². The van der Waals surface area contributed by atoms with Gasteiger partial charge in [-0.2, -0.15) is 10.2 Å². The summed E-state index contributed by atoms with van der Waals surface area (Å²) in [6, 6.07) is 2.52. The lowest BCUT2D eigenvalue weighted by Gasteiger charge is -2.38. The molecule has 5 rings (SSSR count). The van der Waals surface area contributed by atoms with E-state index in [2.05, 4.69) is 39.0 Å². The van der Waals surface area contributed by atoms with Crippen molar-refractivity contribution in [2.75, 3.05) is 19.7 Å². The van der Waals surface area contributed by atoms with Gasteiger partial charge in [-0.3, -0.25) is 14.3 Å². The maximum Gasteiger partial charge on any atom is 0.0802 e. The first-order valence-corrected chi connectivity index (χ1v) is 10.5. The molecule has 2 aliphatic carbocycles. The highest BCUT2D eigenvalue weighted by atomic mass is 16.5. The van der Waals surface area contributed by atoms with Crippen molar-refractivity contribution in [1.29, 1.82) is 0 Å². The molecule has 146 valence electrons. The van der Waals surface area contributed by atoms with E-state index in [9.17, 15) is 0 Å². The van der Waals surface area contributed by atoms with Gasteiger partial charge in [0.05, 0.1) is 24.0 Å². The van der Waals surface area contributed by atoms with Crippen LogP contribution in [-0.4, -0.2) is 50.3 Å². The Bertz CT molecular complexity index is 779. The van der Waals surface area contributed by atoms with Crippen LogP contribution < -0.4 is 0 Å². The Morgan fingerprint density at radius 1 is 1.15 bits per heavy atom. The fourth-order valence-corrected chi connectivity index (χ4v) is 5.02. The molecule has 0 N–H and O–H groups in total. The molecular weight excluding hydrogens is 338 g/mol. The van der Waals surface area contributed by atoms with E-state index in [0.717, 1.165) is 30.9 Å². The summed E-state index contributed by atoms with van der Waals surface area (Å²) in [6.07, 6.45) is 11.4. The minimum absolute atomic E-state index is 0.308. The standard InChI is InChI=1S/C21H31N5O/c1-15-9-23-26(10-15)20-7-17-11-25(13-19-5-6-22-24(19)2)12-18(17)8-21(20)27-14-16-3-4-16/h5-6,9-10,16-18,20-21H,3-4,7-8,11-14H2,1-2H3/t17-,18+,20-,21-/m0/s1. The van der Waals surface area contributed by atoms with Gasteiger partial charge in [0.25, 0.3) is 0 Å². The molecular formula is C21H31N5O. The van der Waals surface area contributed by atoms with Crippen molar-refractivity contribution in [2.45, 2.75) is 51.3 Å². The number of ether oxygens (including phenoxy) is 1. The summed E-state index contributed by atoms with van der Waals surface area (Å²) in [5.41, 5.74) is 2.54. The second kappa shape index (κ2) is 7.06. The number of aryl methyl sites for hydroxylation is 2. The molecule has 0 spiro atoms. The quantitative estimate of drug-likeness (QED) is 0.786. The highest BCUT2D eigenvalue weighted by molar-refractivity contribution is 5.05. The van der Waals surface area contributed by atoms with E-state index in [1.807, 2.05) is 24.1 Å². The molecule has 3 heterocycles. The molecule has 3 fully saturated rings. The van der Waals surface area contributed by atoms with Gasteiger partial charge in [-0.1, -0.05) is 0 Å². The minimum atomic E-state index is 0.308. The van der Waals surface area contributed by atoms with E-state index in [1.165, 1.54) is 50.0 Å². The average Bonchev–Trinajstić information content (AvgIpc) is 3.02. The minimum Gasteiger partial charge on any atom is -0.376 e. The van der Waals surface area contributed by atoms with E-state index in [4.69, 9.17) is 4.74 Å². The monoisotopic (exact) mass is 369 g/mol. The Hall–Kier alpha value is -1.66.